The van der Waals surface area contributed by atoms with Crippen molar-refractivity contribution < 1.29 is 9.26 Å². The molecular weight excluding hydrogens is 238 g/mol. The minimum absolute atomic E-state index is 0.193. The molecule has 5 nitrogen and oxygen atoms in total. The van der Waals surface area contributed by atoms with Crippen LogP contribution >= 0.6 is 11.8 Å². The standard InChI is InChI=1S/C11H21N3O2S/c1-5-15-11(2,3)10-13-9(16-14-10)8(12)6-7-17-4/h8H,5-7,12H2,1-4H3/t8-/m1/s1. The minimum Gasteiger partial charge on any atom is -0.368 e. The summed E-state index contributed by atoms with van der Waals surface area (Å²) in [7, 11) is 0. The van der Waals surface area contributed by atoms with Crippen molar-refractivity contribution in [3.63, 3.8) is 0 Å². The Labute approximate surface area is 106 Å². The lowest BCUT2D eigenvalue weighted by atomic mass is 10.1. The molecule has 0 aliphatic heterocycles. The molecule has 0 unspecified atom stereocenters. The van der Waals surface area contributed by atoms with E-state index in [2.05, 4.69) is 10.1 Å². The second kappa shape index (κ2) is 6.37. The molecule has 1 aromatic heterocycles. The topological polar surface area (TPSA) is 74.2 Å². The van der Waals surface area contributed by atoms with Crippen molar-refractivity contribution in [3.05, 3.63) is 11.7 Å². The van der Waals surface area contributed by atoms with Gasteiger partial charge in [-0.1, -0.05) is 5.16 Å². The summed E-state index contributed by atoms with van der Waals surface area (Å²) in [6.45, 7) is 6.37. The molecule has 0 radical (unpaired) electrons. The third-order valence-corrected chi connectivity index (χ3v) is 3.08. The number of nitrogens with two attached hydrogens (primary N) is 1. The predicted molar refractivity (Wildman–Crippen MR) is 68.9 cm³/mol. The van der Waals surface area contributed by atoms with E-state index < -0.39 is 5.60 Å². The molecule has 2 N–H and O–H groups in total. The summed E-state index contributed by atoms with van der Waals surface area (Å²) in [6, 6.07) is -0.193. The molecule has 0 aliphatic rings. The molecule has 6 heteroatoms. The molecule has 0 bridgehead atoms. The molecule has 1 aromatic rings. The highest BCUT2D eigenvalue weighted by Crippen LogP contribution is 2.23. The molecule has 1 rings (SSSR count). The fourth-order valence-corrected chi connectivity index (χ4v) is 1.91. The van der Waals surface area contributed by atoms with E-state index in [-0.39, 0.29) is 6.04 Å². The van der Waals surface area contributed by atoms with Crippen LogP contribution in [0.4, 0.5) is 0 Å². The second-order valence-electron chi connectivity index (χ2n) is 4.29. The lowest BCUT2D eigenvalue weighted by molar-refractivity contribution is -0.0221. The number of ether oxygens (including phenoxy) is 1. The van der Waals surface area contributed by atoms with Crippen molar-refractivity contribution >= 4 is 11.8 Å². The van der Waals surface area contributed by atoms with Gasteiger partial charge in [0.25, 0.3) is 0 Å². The van der Waals surface area contributed by atoms with E-state index in [1.54, 1.807) is 11.8 Å². The van der Waals surface area contributed by atoms with E-state index in [9.17, 15) is 0 Å². The summed E-state index contributed by atoms with van der Waals surface area (Å²) in [4.78, 5) is 4.32. The third-order valence-electron chi connectivity index (χ3n) is 2.44. The van der Waals surface area contributed by atoms with Crippen LogP contribution in [0.3, 0.4) is 0 Å². The Bertz CT molecular complexity index is 341. The van der Waals surface area contributed by atoms with Crippen molar-refractivity contribution in [2.45, 2.75) is 38.8 Å². The van der Waals surface area contributed by atoms with Crippen molar-refractivity contribution in [2.75, 3.05) is 18.6 Å². The van der Waals surface area contributed by atoms with Crippen LogP contribution in [0.5, 0.6) is 0 Å². The van der Waals surface area contributed by atoms with Crippen LogP contribution in [-0.2, 0) is 10.3 Å². The monoisotopic (exact) mass is 259 g/mol. The molecule has 0 fully saturated rings. The molecule has 17 heavy (non-hydrogen) atoms. The van der Waals surface area contributed by atoms with E-state index in [1.807, 2.05) is 27.0 Å². The van der Waals surface area contributed by atoms with Gasteiger partial charge in [0.15, 0.2) is 0 Å². The normalized spacial score (nSPS) is 13.9. The van der Waals surface area contributed by atoms with Gasteiger partial charge in [-0.25, -0.2) is 0 Å². The molecule has 0 saturated carbocycles. The fourth-order valence-electron chi connectivity index (χ4n) is 1.42. The van der Waals surface area contributed by atoms with Crippen LogP contribution in [0.2, 0.25) is 0 Å². The zero-order chi connectivity index (χ0) is 12.9. The maximum Gasteiger partial charge on any atom is 0.243 e. The SMILES string of the molecule is CCOC(C)(C)c1noc([C@H](N)CCSC)n1. The van der Waals surface area contributed by atoms with Gasteiger partial charge in [0.2, 0.25) is 11.7 Å². The number of thioether (sulfide) groups is 1. The highest BCUT2D eigenvalue weighted by molar-refractivity contribution is 7.98. The second-order valence-corrected chi connectivity index (χ2v) is 5.27. The zero-order valence-corrected chi connectivity index (χ0v) is 11.7. The summed E-state index contributed by atoms with van der Waals surface area (Å²) in [5.41, 5.74) is 5.43. The molecule has 0 saturated heterocycles. The Kier molecular flexibility index (Phi) is 5.42. The van der Waals surface area contributed by atoms with Crippen LogP contribution in [0.15, 0.2) is 4.52 Å². The molecule has 0 spiro atoms. The van der Waals surface area contributed by atoms with Gasteiger partial charge >= 0.3 is 0 Å². The Balaban J connectivity index is 2.70. The average molecular weight is 259 g/mol. The molecule has 0 amide bonds. The van der Waals surface area contributed by atoms with Crippen LogP contribution in [0.1, 0.15) is 44.9 Å². The van der Waals surface area contributed by atoms with Gasteiger partial charge in [-0.05, 0) is 39.2 Å². The first kappa shape index (κ1) is 14.5. The lowest BCUT2D eigenvalue weighted by Crippen LogP contribution is -2.23. The largest absolute Gasteiger partial charge is 0.368 e. The highest BCUT2D eigenvalue weighted by Gasteiger charge is 2.28. The summed E-state index contributed by atoms with van der Waals surface area (Å²) in [5, 5.41) is 3.94. The van der Waals surface area contributed by atoms with Gasteiger partial charge in [-0.15, -0.1) is 0 Å². The quantitative estimate of drug-likeness (QED) is 0.808. The summed E-state index contributed by atoms with van der Waals surface area (Å²) < 4.78 is 10.7. The first-order chi connectivity index (χ1) is 8.01. The fraction of sp³-hybridized carbons (Fsp3) is 0.818. The summed E-state index contributed by atoms with van der Waals surface area (Å²) in [6.07, 6.45) is 2.88. The van der Waals surface area contributed by atoms with Gasteiger partial charge in [0.1, 0.15) is 5.60 Å². The molecule has 1 heterocycles. The molecule has 0 aliphatic carbocycles. The molecular formula is C11H21N3O2S. The Morgan fingerprint density at radius 1 is 1.53 bits per heavy atom. The predicted octanol–water partition coefficient (Wildman–Crippen LogP) is 2.09. The Morgan fingerprint density at radius 3 is 2.82 bits per heavy atom. The van der Waals surface area contributed by atoms with Crippen LogP contribution < -0.4 is 5.73 Å². The van der Waals surface area contributed by atoms with E-state index in [0.717, 1.165) is 12.2 Å². The third kappa shape index (κ3) is 3.97. The van der Waals surface area contributed by atoms with Crippen molar-refractivity contribution in [3.8, 4) is 0 Å². The molecule has 0 aromatic carbocycles. The lowest BCUT2D eigenvalue weighted by Gasteiger charge is -2.19. The number of aromatic nitrogens is 2. The summed E-state index contributed by atoms with van der Waals surface area (Å²) in [5.74, 6) is 2.02. The van der Waals surface area contributed by atoms with Crippen LogP contribution in [-0.4, -0.2) is 28.8 Å². The highest BCUT2D eigenvalue weighted by atomic mass is 32.2. The minimum atomic E-state index is -0.532. The first-order valence-electron chi connectivity index (χ1n) is 5.73. The number of nitrogens with zero attached hydrogens (tertiary/aromatic N) is 2. The van der Waals surface area contributed by atoms with E-state index in [1.165, 1.54) is 0 Å². The van der Waals surface area contributed by atoms with Gasteiger partial charge in [-0.3, -0.25) is 0 Å². The van der Waals surface area contributed by atoms with Crippen molar-refractivity contribution in [2.24, 2.45) is 5.73 Å². The number of hydrogen-bond acceptors (Lipinski definition) is 6. The van der Waals surface area contributed by atoms with E-state index in [0.29, 0.717) is 18.3 Å². The average Bonchev–Trinajstić information content (AvgIpc) is 2.75. The van der Waals surface area contributed by atoms with Gasteiger partial charge < -0.3 is 15.0 Å². The van der Waals surface area contributed by atoms with E-state index >= 15 is 0 Å². The van der Waals surface area contributed by atoms with Gasteiger partial charge in [0, 0.05) is 6.61 Å². The Hall–Kier alpha value is -0.590. The Morgan fingerprint density at radius 2 is 2.24 bits per heavy atom. The van der Waals surface area contributed by atoms with Crippen molar-refractivity contribution in [1.82, 2.24) is 10.1 Å². The smallest absolute Gasteiger partial charge is 0.243 e. The van der Waals surface area contributed by atoms with Crippen LogP contribution in [0, 0.1) is 0 Å². The molecule has 1 atom stereocenters. The maximum absolute atomic E-state index is 5.96. The van der Waals surface area contributed by atoms with Gasteiger partial charge in [-0.2, -0.15) is 16.7 Å². The van der Waals surface area contributed by atoms with Crippen LogP contribution in [0.25, 0.3) is 0 Å². The van der Waals surface area contributed by atoms with Gasteiger partial charge in [0.05, 0.1) is 6.04 Å². The zero-order valence-electron chi connectivity index (χ0n) is 10.9. The number of hydrogen-bond donors (Lipinski definition) is 1. The summed E-state index contributed by atoms with van der Waals surface area (Å²) >= 11 is 1.75. The first-order valence-corrected chi connectivity index (χ1v) is 7.13. The van der Waals surface area contributed by atoms with Crippen molar-refractivity contribution in [1.29, 1.82) is 0 Å². The number of rotatable bonds is 7. The molecule has 98 valence electrons. The maximum atomic E-state index is 5.96. The van der Waals surface area contributed by atoms with E-state index in [4.69, 9.17) is 15.0 Å².